The van der Waals surface area contributed by atoms with E-state index in [0.29, 0.717) is 19.0 Å². The zero-order valence-electron chi connectivity index (χ0n) is 15.2. The van der Waals surface area contributed by atoms with Crippen molar-refractivity contribution in [2.75, 3.05) is 13.1 Å². The van der Waals surface area contributed by atoms with Crippen LogP contribution in [0.4, 0.5) is 4.39 Å². The zero-order chi connectivity index (χ0) is 18.1. The van der Waals surface area contributed by atoms with Crippen molar-refractivity contribution >= 4 is 29.9 Å². The number of guanidine groups is 1. The van der Waals surface area contributed by atoms with E-state index in [2.05, 4.69) is 34.7 Å². The number of aryl methyl sites for hydroxylation is 1. The van der Waals surface area contributed by atoms with Crippen LogP contribution in [0.5, 0.6) is 0 Å². The molecule has 2 aromatic carbocycles. The second-order valence-electron chi connectivity index (χ2n) is 5.74. The first kappa shape index (κ1) is 22.4. The Labute approximate surface area is 172 Å². The Morgan fingerprint density at radius 2 is 1.69 bits per heavy atom. The molecule has 6 heteroatoms. The minimum atomic E-state index is -0.937. The van der Waals surface area contributed by atoms with Crippen molar-refractivity contribution in [2.24, 2.45) is 4.99 Å². The Morgan fingerprint density at radius 3 is 2.35 bits per heavy atom. The Morgan fingerprint density at radius 1 is 1.04 bits per heavy atom. The van der Waals surface area contributed by atoms with Gasteiger partial charge in [-0.25, -0.2) is 9.38 Å². The molecule has 0 aliphatic carbocycles. The minimum Gasteiger partial charge on any atom is -0.386 e. The zero-order valence-corrected chi connectivity index (χ0v) is 17.5. The number of hydrogen-bond donors (Lipinski definition) is 3. The van der Waals surface area contributed by atoms with Crippen LogP contribution in [-0.4, -0.2) is 24.2 Å². The van der Waals surface area contributed by atoms with Crippen LogP contribution in [-0.2, 0) is 13.0 Å². The fourth-order valence-corrected chi connectivity index (χ4v) is 2.61. The van der Waals surface area contributed by atoms with E-state index >= 15 is 0 Å². The van der Waals surface area contributed by atoms with E-state index in [1.807, 2.05) is 19.1 Å². The molecule has 26 heavy (non-hydrogen) atoms. The summed E-state index contributed by atoms with van der Waals surface area (Å²) in [5.74, 6) is 0.194. The monoisotopic (exact) mass is 471 g/mol. The van der Waals surface area contributed by atoms with E-state index in [4.69, 9.17) is 0 Å². The van der Waals surface area contributed by atoms with Crippen molar-refractivity contribution in [1.29, 1.82) is 0 Å². The maximum Gasteiger partial charge on any atom is 0.191 e. The first-order valence-electron chi connectivity index (χ1n) is 8.67. The van der Waals surface area contributed by atoms with E-state index in [0.717, 1.165) is 6.42 Å². The van der Waals surface area contributed by atoms with E-state index in [-0.39, 0.29) is 36.1 Å². The molecular formula is C20H27FIN3O. The van der Waals surface area contributed by atoms with Crippen molar-refractivity contribution in [3.8, 4) is 0 Å². The molecule has 0 spiro atoms. The Bertz CT molecular complexity index is 709. The number of nitrogens with zero attached hydrogens (tertiary/aromatic N) is 1. The van der Waals surface area contributed by atoms with Crippen molar-refractivity contribution in [1.82, 2.24) is 10.6 Å². The highest BCUT2D eigenvalue weighted by Crippen LogP contribution is 2.15. The van der Waals surface area contributed by atoms with Crippen molar-refractivity contribution < 1.29 is 9.50 Å². The third kappa shape index (κ3) is 6.57. The van der Waals surface area contributed by atoms with Crippen LogP contribution < -0.4 is 10.6 Å². The van der Waals surface area contributed by atoms with Crippen molar-refractivity contribution in [3.05, 3.63) is 71.0 Å². The third-order valence-corrected chi connectivity index (χ3v) is 3.98. The van der Waals surface area contributed by atoms with E-state index in [1.54, 1.807) is 18.2 Å². The Kier molecular flexibility index (Phi) is 10.2. The average Bonchev–Trinajstić information content (AvgIpc) is 2.64. The van der Waals surface area contributed by atoms with Gasteiger partial charge in [-0.1, -0.05) is 49.4 Å². The molecule has 142 valence electrons. The summed E-state index contributed by atoms with van der Waals surface area (Å²) >= 11 is 0. The third-order valence-electron chi connectivity index (χ3n) is 3.98. The molecule has 3 N–H and O–H groups in total. The smallest absolute Gasteiger partial charge is 0.191 e. The molecule has 0 saturated carbocycles. The highest BCUT2D eigenvalue weighted by Gasteiger charge is 2.12. The van der Waals surface area contributed by atoms with E-state index in [1.165, 1.54) is 17.2 Å². The Balaban J connectivity index is 0.00000338. The molecule has 0 aliphatic heterocycles. The molecule has 0 bridgehead atoms. The summed E-state index contributed by atoms with van der Waals surface area (Å²) < 4.78 is 13.7. The molecule has 0 heterocycles. The van der Waals surface area contributed by atoms with Gasteiger partial charge in [-0.3, -0.25) is 0 Å². The van der Waals surface area contributed by atoms with E-state index < -0.39 is 11.9 Å². The van der Waals surface area contributed by atoms with Crippen molar-refractivity contribution in [3.63, 3.8) is 0 Å². The van der Waals surface area contributed by atoms with Gasteiger partial charge in [-0.15, -0.1) is 24.0 Å². The molecule has 0 amide bonds. The van der Waals surface area contributed by atoms with Gasteiger partial charge in [0.2, 0.25) is 0 Å². The van der Waals surface area contributed by atoms with Crippen LogP contribution in [0.25, 0.3) is 0 Å². The van der Waals surface area contributed by atoms with Gasteiger partial charge in [-0.05, 0) is 30.5 Å². The molecule has 2 aromatic rings. The number of aliphatic imine (C=N–C) groups is 1. The van der Waals surface area contributed by atoms with Gasteiger partial charge in [0.25, 0.3) is 0 Å². The normalized spacial score (nSPS) is 12.2. The maximum absolute atomic E-state index is 13.7. The number of hydrogen-bond acceptors (Lipinski definition) is 2. The first-order valence-corrected chi connectivity index (χ1v) is 8.67. The number of nitrogens with one attached hydrogen (secondary N) is 2. The van der Waals surface area contributed by atoms with Gasteiger partial charge in [0.15, 0.2) is 5.96 Å². The highest BCUT2D eigenvalue weighted by molar-refractivity contribution is 14.0. The lowest BCUT2D eigenvalue weighted by atomic mass is 10.1. The quantitative estimate of drug-likeness (QED) is 0.327. The fraction of sp³-hybridized carbons (Fsp3) is 0.350. The topological polar surface area (TPSA) is 56.7 Å². The number of halogens is 2. The summed E-state index contributed by atoms with van der Waals surface area (Å²) in [4.78, 5) is 4.57. The SMILES string of the molecule is CCNC(=NCc1ccccc1CC)NCC(O)c1ccccc1F.I. The molecule has 4 nitrogen and oxygen atoms in total. The molecule has 0 fully saturated rings. The molecule has 1 atom stereocenters. The number of rotatable bonds is 7. The summed E-state index contributed by atoms with van der Waals surface area (Å²) in [6.07, 6.45) is 0.0229. The molecule has 2 rings (SSSR count). The van der Waals surface area contributed by atoms with Crippen LogP contribution in [0.15, 0.2) is 53.5 Å². The van der Waals surface area contributed by atoms with Crippen LogP contribution in [0.2, 0.25) is 0 Å². The van der Waals surface area contributed by atoms with Crippen LogP contribution in [0.3, 0.4) is 0 Å². The summed E-state index contributed by atoms with van der Waals surface area (Å²) in [5, 5.41) is 16.4. The lowest BCUT2D eigenvalue weighted by Crippen LogP contribution is -2.39. The second-order valence-corrected chi connectivity index (χ2v) is 5.74. The summed E-state index contributed by atoms with van der Waals surface area (Å²) in [7, 11) is 0. The highest BCUT2D eigenvalue weighted by atomic mass is 127. The number of benzene rings is 2. The predicted octanol–water partition coefficient (Wildman–Crippen LogP) is 3.79. The second kappa shape index (κ2) is 11.9. The standard InChI is InChI=1S/C20H26FN3O.HI/c1-3-15-9-5-6-10-16(15)13-23-20(22-4-2)24-14-19(25)17-11-7-8-12-18(17)21;/h5-12,19,25H,3-4,13-14H2,1-2H3,(H2,22,23,24);1H. The van der Waals surface area contributed by atoms with Crippen LogP contribution >= 0.6 is 24.0 Å². The van der Waals surface area contributed by atoms with Gasteiger partial charge in [-0.2, -0.15) is 0 Å². The lowest BCUT2D eigenvalue weighted by molar-refractivity contribution is 0.176. The molecule has 0 aliphatic rings. The summed E-state index contributed by atoms with van der Waals surface area (Å²) in [6.45, 7) is 5.54. The van der Waals surface area contributed by atoms with Gasteiger partial charge in [0, 0.05) is 18.7 Å². The van der Waals surface area contributed by atoms with Crippen LogP contribution in [0, 0.1) is 5.82 Å². The van der Waals surface area contributed by atoms with Gasteiger partial charge in [0.05, 0.1) is 12.6 Å². The van der Waals surface area contributed by atoms with Gasteiger partial charge in [0.1, 0.15) is 5.82 Å². The fourth-order valence-electron chi connectivity index (χ4n) is 2.61. The Hall–Kier alpha value is -1.67. The maximum atomic E-state index is 13.7. The van der Waals surface area contributed by atoms with Gasteiger partial charge >= 0.3 is 0 Å². The molecular weight excluding hydrogens is 444 g/mol. The molecule has 0 saturated heterocycles. The van der Waals surface area contributed by atoms with E-state index in [9.17, 15) is 9.50 Å². The van der Waals surface area contributed by atoms with Crippen LogP contribution in [0.1, 0.15) is 36.6 Å². The van der Waals surface area contributed by atoms with Gasteiger partial charge < -0.3 is 15.7 Å². The predicted molar refractivity (Wildman–Crippen MR) is 115 cm³/mol. The molecule has 1 unspecified atom stereocenters. The molecule has 0 aromatic heterocycles. The number of aliphatic hydroxyl groups is 1. The largest absolute Gasteiger partial charge is 0.386 e. The molecule has 0 radical (unpaired) electrons. The number of aliphatic hydroxyl groups excluding tert-OH is 1. The summed E-state index contributed by atoms with van der Waals surface area (Å²) in [6, 6.07) is 14.5. The average molecular weight is 471 g/mol. The first-order chi connectivity index (χ1) is 12.2. The summed E-state index contributed by atoms with van der Waals surface area (Å²) in [5.41, 5.74) is 2.73. The minimum absolute atomic E-state index is 0. The van der Waals surface area contributed by atoms with Crippen molar-refractivity contribution in [2.45, 2.75) is 32.9 Å². The lowest BCUT2D eigenvalue weighted by Gasteiger charge is -2.16.